The molecule has 0 aliphatic carbocycles. The SMILES string of the molecule is Cc1cccc(OC(C)C(=O)N2CCN(c3ccc(-n4cncn4)nn3)CC2)c1. The van der Waals surface area contributed by atoms with E-state index in [2.05, 4.69) is 25.2 Å². The Balaban J connectivity index is 1.32. The Kier molecular flexibility index (Phi) is 5.37. The highest BCUT2D eigenvalue weighted by Gasteiger charge is 2.26. The highest BCUT2D eigenvalue weighted by Crippen LogP contribution is 2.17. The summed E-state index contributed by atoms with van der Waals surface area (Å²) in [4.78, 5) is 20.6. The molecular weight excluding hydrogens is 370 g/mol. The van der Waals surface area contributed by atoms with Gasteiger partial charge in [0.15, 0.2) is 17.7 Å². The van der Waals surface area contributed by atoms with Crippen molar-refractivity contribution in [3.05, 3.63) is 54.6 Å². The average Bonchev–Trinajstić information content (AvgIpc) is 3.28. The summed E-state index contributed by atoms with van der Waals surface area (Å²) in [5.74, 6) is 2.11. The van der Waals surface area contributed by atoms with Crippen LogP contribution in [0.15, 0.2) is 49.1 Å². The van der Waals surface area contributed by atoms with Crippen LogP contribution in [0.5, 0.6) is 5.75 Å². The summed E-state index contributed by atoms with van der Waals surface area (Å²) in [6.07, 6.45) is 2.51. The van der Waals surface area contributed by atoms with Crippen molar-refractivity contribution in [2.75, 3.05) is 31.1 Å². The molecule has 3 aromatic rings. The van der Waals surface area contributed by atoms with Gasteiger partial charge in [0.1, 0.15) is 18.4 Å². The quantitative estimate of drug-likeness (QED) is 0.649. The van der Waals surface area contributed by atoms with Gasteiger partial charge in [0.2, 0.25) is 0 Å². The average molecular weight is 393 g/mol. The lowest BCUT2D eigenvalue weighted by Gasteiger charge is -2.36. The first-order chi connectivity index (χ1) is 14.1. The van der Waals surface area contributed by atoms with E-state index in [4.69, 9.17) is 4.74 Å². The van der Waals surface area contributed by atoms with E-state index in [-0.39, 0.29) is 5.91 Å². The maximum atomic E-state index is 12.7. The molecule has 0 N–H and O–H groups in total. The van der Waals surface area contributed by atoms with Gasteiger partial charge in [-0.3, -0.25) is 4.79 Å². The van der Waals surface area contributed by atoms with E-state index in [1.807, 2.05) is 48.2 Å². The third-order valence-corrected chi connectivity index (χ3v) is 4.86. The van der Waals surface area contributed by atoms with Crippen LogP contribution >= 0.6 is 0 Å². The zero-order valence-electron chi connectivity index (χ0n) is 16.5. The molecule has 1 amide bonds. The van der Waals surface area contributed by atoms with Gasteiger partial charge in [-0.2, -0.15) is 5.10 Å². The summed E-state index contributed by atoms with van der Waals surface area (Å²) in [7, 11) is 0. The third kappa shape index (κ3) is 4.34. The number of anilines is 1. The number of hydrogen-bond acceptors (Lipinski definition) is 7. The summed E-state index contributed by atoms with van der Waals surface area (Å²) < 4.78 is 7.39. The van der Waals surface area contributed by atoms with Crippen molar-refractivity contribution in [1.82, 2.24) is 29.9 Å². The number of nitrogens with zero attached hydrogens (tertiary/aromatic N) is 7. The van der Waals surface area contributed by atoms with E-state index >= 15 is 0 Å². The van der Waals surface area contributed by atoms with Gasteiger partial charge in [-0.1, -0.05) is 12.1 Å². The molecule has 9 heteroatoms. The van der Waals surface area contributed by atoms with E-state index in [9.17, 15) is 4.79 Å². The summed E-state index contributed by atoms with van der Waals surface area (Å²) >= 11 is 0. The largest absolute Gasteiger partial charge is 0.481 e. The fraction of sp³-hybridized carbons (Fsp3) is 0.350. The van der Waals surface area contributed by atoms with Crippen LogP contribution in [0.2, 0.25) is 0 Å². The molecule has 29 heavy (non-hydrogen) atoms. The minimum atomic E-state index is -0.523. The molecule has 0 spiro atoms. The topological polar surface area (TPSA) is 89.3 Å². The van der Waals surface area contributed by atoms with Crippen molar-refractivity contribution in [1.29, 1.82) is 0 Å². The number of piperazine rings is 1. The number of ether oxygens (including phenoxy) is 1. The molecule has 1 unspecified atom stereocenters. The lowest BCUT2D eigenvalue weighted by Crippen LogP contribution is -2.52. The molecule has 0 saturated carbocycles. The normalized spacial score (nSPS) is 15.2. The molecule has 1 aliphatic rings. The molecule has 1 saturated heterocycles. The number of aryl methyl sites for hydroxylation is 1. The van der Waals surface area contributed by atoms with Crippen LogP contribution in [-0.4, -0.2) is 68.1 Å². The van der Waals surface area contributed by atoms with Gasteiger partial charge < -0.3 is 14.5 Å². The van der Waals surface area contributed by atoms with Crippen molar-refractivity contribution in [2.45, 2.75) is 20.0 Å². The van der Waals surface area contributed by atoms with Crippen LogP contribution in [0, 0.1) is 6.92 Å². The highest BCUT2D eigenvalue weighted by atomic mass is 16.5. The van der Waals surface area contributed by atoms with Crippen LogP contribution in [-0.2, 0) is 4.79 Å². The standard InChI is InChI=1S/C20H23N7O2/c1-15-4-3-5-17(12-15)29-16(2)20(28)26-10-8-25(9-11-26)18-6-7-19(24-23-18)27-14-21-13-22-27/h3-7,12-14,16H,8-11H2,1-2H3. The maximum Gasteiger partial charge on any atom is 0.263 e. The molecule has 1 atom stereocenters. The Bertz CT molecular complexity index is 951. The van der Waals surface area contributed by atoms with E-state index < -0.39 is 6.10 Å². The first kappa shape index (κ1) is 18.9. The zero-order valence-corrected chi connectivity index (χ0v) is 16.5. The molecule has 1 fully saturated rings. The highest BCUT2D eigenvalue weighted by molar-refractivity contribution is 5.81. The molecule has 0 bridgehead atoms. The fourth-order valence-corrected chi connectivity index (χ4v) is 3.29. The van der Waals surface area contributed by atoms with Crippen molar-refractivity contribution in [3.8, 4) is 11.6 Å². The van der Waals surface area contributed by atoms with E-state index in [0.717, 1.165) is 11.4 Å². The predicted octanol–water partition coefficient (Wildman–Crippen LogP) is 1.48. The summed E-state index contributed by atoms with van der Waals surface area (Å²) in [5, 5.41) is 12.5. The number of aromatic nitrogens is 5. The molecule has 9 nitrogen and oxygen atoms in total. The molecule has 1 aromatic carbocycles. The van der Waals surface area contributed by atoms with Crippen molar-refractivity contribution in [3.63, 3.8) is 0 Å². The molecule has 2 aromatic heterocycles. The minimum absolute atomic E-state index is 0.00114. The molecular formula is C20H23N7O2. The number of benzene rings is 1. The van der Waals surface area contributed by atoms with Crippen LogP contribution in [0.3, 0.4) is 0 Å². The molecule has 1 aliphatic heterocycles. The first-order valence-electron chi connectivity index (χ1n) is 9.56. The zero-order chi connectivity index (χ0) is 20.2. The summed E-state index contributed by atoms with van der Waals surface area (Å²) in [5.41, 5.74) is 1.10. The van der Waals surface area contributed by atoms with Gasteiger partial charge in [-0.25, -0.2) is 9.67 Å². The molecule has 150 valence electrons. The van der Waals surface area contributed by atoms with Crippen LogP contribution in [0.1, 0.15) is 12.5 Å². The Hall–Kier alpha value is -3.49. The van der Waals surface area contributed by atoms with Gasteiger partial charge in [-0.05, 0) is 43.7 Å². The fourth-order valence-electron chi connectivity index (χ4n) is 3.29. The predicted molar refractivity (Wildman–Crippen MR) is 107 cm³/mol. The Labute approximate surface area is 168 Å². The molecule has 3 heterocycles. The number of hydrogen-bond donors (Lipinski definition) is 0. The van der Waals surface area contributed by atoms with Crippen molar-refractivity contribution in [2.24, 2.45) is 0 Å². The number of carbonyl (C=O) groups is 1. The van der Waals surface area contributed by atoms with E-state index in [1.165, 1.54) is 6.33 Å². The van der Waals surface area contributed by atoms with Crippen molar-refractivity contribution >= 4 is 11.7 Å². The lowest BCUT2D eigenvalue weighted by molar-refractivity contribution is -0.138. The van der Waals surface area contributed by atoms with Gasteiger partial charge in [0, 0.05) is 26.2 Å². The molecule has 0 radical (unpaired) electrons. The van der Waals surface area contributed by atoms with Gasteiger partial charge in [0.05, 0.1) is 0 Å². The Morgan fingerprint density at radius 3 is 2.48 bits per heavy atom. The number of rotatable bonds is 5. The second-order valence-electron chi connectivity index (χ2n) is 6.98. The lowest BCUT2D eigenvalue weighted by atomic mass is 10.2. The minimum Gasteiger partial charge on any atom is -0.481 e. The van der Waals surface area contributed by atoms with Crippen molar-refractivity contribution < 1.29 is 9.53 Å². The summed E-state index contributed by atoms with van der Waals surface area (Å²) in [6.45, 7) is 6.42. The monoisotopic (exact) mass is 393 g/mol. The van der Waals surface area contributed by atoms with Gasteiger partial charge in [0.25, 0.3) is 5.91 Å². The van der Waals surface area contributed by atoms with Gasteiger partial charge in [-0.15, -0.1) is 10.2 Å². The van der Waals surface area contributed by atoms with E-state index in [0.29, 0.717) is 37.7 Å². The second-order valence-corrected chi connectivity index (χ2v) is 6.98. The molecule has 4 rings (SSSR count). The summed E-state index contributed by atoms with van der Waals surface area (Å²) in [6, 6.07) is 11.5. The second kappa shape index (κ2) is 8.26. The number of amides is 1. The first-order valence-corrected chi connectivity index (χ1v) is 9.56. The van der Waals surface area contributed by atoms with E-state index in [1.54, 1.807) is 17.9 Å². The van der Waals surface area contributed by atoms with Crippen LogP contribution in [0.4, 0.5) is 5.82 Å². The van der Waals surface area contributed by atoms with Crippen LogP contribution in [0.25, 0.3) is 5.82 Å². The Morgan fingerprint density at radius 1 is 1.07 bits per heavy atom. The smallest absolute Gasteiger partial charge is 0.263 e. The third-order valence-electron chi connectivity index (χ3n) is 4.86. The maximum absolute atomic E-state index is 12.7. The van der Waals surface area contributed by atoms with Crippen LogP contribution < -0.4 is 9.64 Å². The van der Waals surface area contributed by atoms with Gasteiger partial charge >= 0.3 is 0 Å². The number of carbonyl (C=O) groups excluding carboxylic acids is 1. The Morgan fingerprint density at radius 2 is 1.83 bits per heavy atom.